The van der Waals surface area contributed by atoms with Crippen molar-refractivity contribution >= 4 is 80.2 Å². The van der Waals surface area contributed by atoms with E-state index in [2.05, 4.69) is 34.0 Å². The van der Waals surface area contributed by atoms with Crippen molar-refractivity contribution in [1.29, 1.82) is 5.26 Å². The minimum atomic E-state index is -0.408. The third-order valence-electron chi connectivity index (χ3n) is 6.32. The molecule has 11 heteroatoms. The van der Waals surface area contributed by atoms with E-state index in [1.807, 2.05) is 18.2 Å². The second-order valence-electron chi connectivity index (χ2n) is 9.12. The number of rotatable bonds is 8. The minimum Gasteiger partial charge on any atom is -0.493 e. The summed E-state index contributed by atoms with van der Waals surface area (Å²) in [4.78, 5) is 28.1. The van der Waals surface area contributed by atoms with E-state index in [0.717, 1.165) is 20.9 Å². The summed E-state index contributed by atoms with van der Waals surface area (Å²) in [7, 11) is 1.53. The third kappa shape index (κ3) is 6.88. The van der Waals surface area contributed by atoms with Crippen LogP contribution in [0.25, 0.3) is 6.08 Å². The summed E-state index contributed by atoms with van der Waals surface area (Å²) in [5.74, 6) is -0.139. The Bertz CT molecular complexity index is 1820. The Kier molecular flexibility index (Phi) is 9.40. The van der Waals surface area contributed by atoms with Crippen LogP contribution in [0.4, 0.5) is 15.8 Å². The van der Waals surface area contributed by atoms with Gasteiger partial charge in [-0.25, -0.2) is 4.39 Å². The highest BCUT2D eigenvalue weighted by Gasteiger charge is 2.33. The van der Waals surface area contributed by atoms with Crippen LogP contribution in [0.1, 0.15) is 27.0 Å². The van der Waals surface area contributed by atoms with Gasteiger partial charge in [-0.15, -0.1) is 0 Å². The van der Waals surface area contributed by atoms with Gasteiger partial charge in [0, 0.05) is 16.8 Å². The molecule has 214 valence electrons. The van der Waals surface area contributed by atoms with Crippen molar-refractivity contribution in [3.8, 4) is 17.6 Å². The summed E-state index contributed by atoms with van der Waals surface area (Å²) in [5, 5.41) is 12.1. The molecule has 0 bridgehead atoms. The summed E-state index contributed by atoms with van der Waals surface area (Å²) in [6.07, 6.45) is 1.73. The van der Waals surface area contributed by atoms with E-state index in [-0.39, 0.29) is 12.5 Å². The molecule has 1 N–H and O–H groups in total. The Hall–Kier alpha value is -4.25. The number of thioether (sulfide) groups is 1. The fourth-order valence-corrected chi connectivity index (χ4v) is 6.31. The molecule has 1 saturated heterocycles. The standard InChI is InChI=1S/C32H21FIN3O4S2/c1-40-27-14-19(13-26(34)29(27)41-18-22-6-3-2-5-21(22)17-35)15-28-31(39)37(32(42)43-28)25-8-4-7-20(16-25)30(38)36-24-11-9-23(33)10-12-24/h2-16H,18H2,1H3,(H,36,38)/b28-15+. The van der Waals surface area contributed by atoms with Crippen LogP contribution in [-0.2, 0) is 11.4 Å². The van der Waals surface area contributed by atoms with Crippen molar-refractivity contribution in [2.45, 2.75) is 6.61 Å². The van der Waals surface area contributed by atoms with E-state index in [9.17, 15) is 19.2 Å². The SMILES string of the molecule is COc1cc(/C=C2/SC(=S)N(c3cccc(C(=O)Nc4ccc(F)cc4)c3)C2=O)cc(I)c1OCc1ccccc1C#N. The number of anilines is 2. The molecular formula is C32H21FIN3O4S2. The van der Waals surface area contributed by atoms with Gasteiger partial charge in [0.2, 0.25) is 0 Å². The van der Waals surface area contributed by atoms with Crippen molar-refractivity contribution in [2.75, 3.05) is 17.3 Å². The van der Waals surface area contributed by atoms with Gasteiger partial charge in [0.1, 0.15) is 12.4 Å². The molecule has 4 aromatic rings. The lowest BCUT2D eigenvalue weighted by Crippen LogP contribution is -2.27. The maximum atomic E-state index is 13.5. The Labute approximate surface area is 270 Å². The van der Waals surface area contributed by atoms with Gasteiger partial charge in [-0.3, -0.25) is 14.5 Å². The molecule has 1 heterocycles. The monoisotopic (exact) mass is 721 g/mol. The van der Waals surface area contributed by atoms with Crippen LogP contribution < -0.4 is 19.7 Å². The highest BCUT2D eigenvalue weighted by Crippen LogP contribution is 2.39. The van der Waals surface area contributed by atoms with Gasteiger partial charge in [-0.2, -0.15) is 5.26 Å². The number of hydrogen-bond acceptors (Lipinski definition) is 7. The van der Waals surface area contributed by atoms with Crippen LogP contribution in [0.2, 0.25) is 0 Å². The van der Waals surface area contributed by atoms with Gasteiger partial charge in [-0.1, -0.05) is 48.2 Å². The Balaban J connectivity index is 1.35. The van der Waals surface area contributed by atoms with E-state index in [1.165, 1.54) is 36.3 Å². The van der Waals surface area contributed by atoms with Gasteiger partial charge < -0.3 is 14.8 Å². The molecule has 0 spiro atoms. The zero-order chi connectivity index (χ0) is 30.5. The summed E-state index contributed by atoms with van der Waals surface area (Å²) in [5.41, 5.74) is 3.21. The zero-order valence-corrected chi connectivity index (χ0v) is 26.3. The number of ether oxygens (including phenoxy) is 2. The van der Waals surface area contributed by atoms with Gasteiger partial charge >= 0.3 is 0 Å². The van der Waals surface area contributed by atoms with Crippen molar-refractivity contribution in [3.63, 3.8) is 0 Å². The number of carbonyl (C=O) groups excluding carboxylic acids is 2. The summed E-state index contributed by atoms with van der Waals surface area (Å²) in [6, 6.07) is 25.0. The molecule has 4 aromatic carbocycles. The number of nitrogens with one attached hydrogen (secondary N) is 1. The van der Waals surface area contributed by atoms with Gasteiger partial charge in [0.15, 0.2) is 15.8 Å². The molecule has 2 amide bonds. The molecule has 0 aliphatic carbocycles. The van der Waals surface area contributed by atoms with E-state index in [0.29, 0.717) is 48.8 Å². The quantitative estimate of drug-likeness (QED) is 0.114. The highest BCUT2D eigenvalue weighted by atomic mass is 127. The number of nitrogens with zero attached hydrogens (tertiary/aromatic N) is 2. The Morgan fingerprint density at radius 1 is 1.12 bits per heavy atom. The first-order chi connectivity index (χ1) is 20.8. The molecule has 43 heavy (non-hydrogen) atoms. The molecule has 0 radical (unpaired) electrons. The predicted molar refractivity (Wildman–Crippen MR) is 178 cm³/mol. The summed E-state index contributed by atoms with van der Waals surface area (Å²) >= 11 is 8.83. The van der Waals surface area contributed by atoms with Crippen LogP contribution in [0.15, 0.2) is 89.8 Å². The van der Waals surface area contributed by atoms with Crippen molar-refractivity contribution in [1.82, 2.24) is 0 Å². The molecule has 0 aromatic heterocycles. The third-order valence-corrected chi connectivity index (χ3v) is 8.43. The van der Waals surface area contributed by atoms with Crippen LogP contribution in [0.3, 0.4) is 0 Å². The number of amides is 2. The smallest absolute Gasteiger partial charge is 0.270 e. The summed E-state index contributed by atoms with van der Waals surface area (Å²) in [6.45, 7) is 0.190. The fourth-order valence-electron chi connectivity index (χ4n) is 4.23. The number of carbonyl (C=O) groups is 2. The zero-order valence-electron chi connectivity index (χ0n) is 22.5. The van der Waals surface area contributed by atoms with Gasteiger partial charge in [0.05, 0.1) is 32.9 Å². The average Bonchev–Trinajstić information content (AvgIpc) is 3.29. The van der Waals surface area contributed by atoms with Crippen LogP contribution in [0.5, 0.6) is 11.5 Å². The lowest BCUT2D eigenvalue weighted by molar-refractivity contribution is -0.113. The lowest BCUT2D eigenvalue weighted by Gasteiger charge is -2.16. The number of thiocarbonyl (C=S) groups is 1. The van der Waals surface area contributed by atoms with Gasteiger partial charge in [-0.05, 0) is 94.9 Å². The molecular weight excluding hydrogens is 700 g/mol. The number of methoxy groups -OCH3 is 1. The number of nitriles is 1. The first kappa shape index (κ1) is 30.2. The fraction of sp³-hybridized carbons (Fsp3) is 0.0625. The van der Waals surface area contributed by atoms with Crippen LogP contribution in [0, 0.1) is 20.7 Å². The van der Waals surface area contributed by atoms with E-state index < -0.39 is 11.7 Å². The van der Waals surface area contributed by atoms with Crippen molar-refractivity contribution in [2.24, 2.45) is 0 Å². The molecule has 0 saturated carbocycles. The lowest BCUT2D eigenvalue weighted by atomic mass is 10.1. The van der Waals surface area contributed by atoms with Crippen molar-refractivity contribution in [3.05, 3.63) is 121 Å². The second kappa shape index (κ2) is 13.4. The number of halogens is 2. The highest BCUT2D eigenvalue weighted by molar-refractivity contribution is 14.1. The topological polar surface area (TPSA) is 91.7 Å². The molecule has 1 aliphatic heterocycles. The molecule has 0 atom stereocenters. The van der Waals surface area contributed by atoms with E-state index in [1.54, 1.807) is 48.5 Å². The Morgan fingerprint density at radius 3 is 2.63 bits per heavy atom. The largest absolute Gasteiger partial charge is 0.493 e. The maximum absolute atomic E-state index is 13.5. The van der Waals surface area contributed by atoms with Crippen LogP contribution in [-0.4, -0.2) is 23.2 Å². The molecule has 5 rings (SSSR count). The van der Waals surface area contributed by atoms with Crippen molar-refractivity contribution < 1.29 is 23.5 Å². The maximum Gasteiger partial charge on any atom is 0.270 e. The van der Waals surface area contributed by atoms with Gasteiger partial charge in [0.25, 0.3) is 11.8 Å². The van der Waals surface area contributed by atoms with E-state index in [4.69, 9.17) is 21.7 Å². The molecule has 7 nitrogen and oxygen atoms in total. The first-order valence-electron chi connectivity index (χ1n) is 12.7. The minimum absolute atomic E-state index is 0.190. The average molecular weight is 722 g/mol. The number of benzene rings is 4. The van der Waals surface area contributed by atoms with E-state index >= 15 is 0 Å². The molecule has 0 unspecified atom stereocenters. The predicted octanol–water partition coefficient (Wildman–Crippen LogP) is 7.55. The normalized spacial score (nSPS) is 13.6. The first-order valence-corrected chi connectivity index (χ1v) is 15.0. The second-order valence-corrected chi connectivity index (χ2v) is 12.0. The number of hydrogen-bond donors (Lipinski definition) is 1. The Morgan fingerprint density at radius 2 is 1.88 bits per heavy atom. The summed E-state index contributed by atoms with van der Waals surface area (Å²) < 4.78 is 25.9. The molecule has 1 aliphatic rings. The van der Waals surface area contributed by atoms with Crippen LogP contribution >= 0.6 is 46.6 Å². The molecule has 1 fully saturated rings.